The maximum Gasteiger partial charge on any atom is 0.416 e. The molecule has 1 unspecified atom stereocenters. The zero-order valence-electron chi connectivity index (χ0n) is 16.5. The monoisotopic (exact) mass is 451 g/mol. The highest BCUT2D eigenvalue weighted by Gasteiger charge is 2.31. The van der Waals surface area contributed by atoms with Crippen LogP contribution in [0.2, 0.25) is 5.02 Å². The van der Waals surface area contributed by atoms with Crippen molar-refractivity contribution < 1.29 is 22.7 Å². The number of nitrogens with zero attached hydrogens (tertiary/aromatic N) is 1. The van der Waals surface area contributed by atoms with Gasteiger partial charge >= 0.3 is 6.18 Å². The Balaban J connectivity index is 1.54. The molecule has 1 saturated heterocycles. The molecule has 0 bridgehead atoms. The maximum atomic E-state index is 12.9. The first-order chi connectivity index (χ1) is 14.8. The SMILES string of the molecule is O=C(NCC(c1ccc(C(F)(F)F)cc1)N1CCOCC1)c1ccc2[nH]ccc2c1Cl. The Hall–Kier alpha value is -2.55. The lowest BCUT2D eigenvalue weighted by molar-refractivity contribution is -0.137. The summed E-state index contributed by atoms with van der Waals surface area (Å²) in [6.45, 7) is 2.53. The number of aromatic nitrogens is 1. The molecular weight excluding hydrogens is 431 g/mol. The minimum Gasteiger partial charge on any atom is -0.379 e. The van der Waals surface area contributed by atoms with Gasteiger partial charge in [0.15, 0.2) is 0 Å². The van der Waals surface area contributed by atoms with Crippen molar-refractivity contribution in [2.75, 3.05) is 32.8 Å². The average molecular weight is 452 g/mol. The first-order valence-corrected chi connectivity index (χ1v) is 10.2. The summed E-state index contributed by atoms with van der Waals surface area (Å²) in [6, 6.07) is 10.0. The summed E-state index contributed by atoms with van der Waals surface area (Å²) < 4.78 is 44.2. The summed E-state index contributed by atoms with van der Waals surface area (Å²) in [4.78, 5) is 18.0. The summed E-state index contributed by atoms with van der Waals surface area (Å²) >= 11 is 6.40. The van der Waals surface area contributed by atoms with Crippen molar-refractivity contribution in [2.45, 2.75) is 12.2 Å². The summed E-state index contributed by atoms with van der Waals surface area (Å²) in [7, 11) is 0. The van der Waals surface area contributed by atoms with E-state index in [1.807, 2.05) is 0 Å². The molecule has 2 aromatic carbocycles. The molecule has 1 aromatic heterocycles. The highest BCUT2D eigenvalue weighted by molar-refractivity contribution is 6.38. The predicted octanol–water partition coefficient (Wildman–Crippen LogP) is 4.64. The number of carbonyl (C=O) groups is 1. The van der Waals surface area contributed by atoms with Crippen molar-refractivity contribution >= 4 is 28.4 Å². The molecule has 4 rings (SSSR count). The van der Waals surface area contributed by atoms with Gasteiger partial charge in [0, 0.05) is 36.7 Å². The summed E-state index contributed by atoms with van der Waals surface area (Å²) in [5.74, 6) is -0.335. The van der Waals surface area contributed by atoms with Gasteiger partial charge in [0.2, 0.25) is 0 Å². The Morgan fingerprint density at radius 3 is 2.52 bits per heavy atom. The molecule has 1 aliphatic rings. The van der Waals surface area contributed by atoms with Crippen LogP contribution < -0.4 is 5.32 Å². The van der Waals surface area contributed by atoms with Gasteiger partial charge in [-0.15, -0.1) is 0 Å². The van der Waals surface area contributed by atoms with Crippen molar-refractivity contribution in [1.82, 2.24) is 15.2 Å². The van der Waals surface area contributed by atoms with E-state index < -0.39 is 11.7 Å². The second kappa shape index (κ2) is 8.90. The lowest BCUT2D eigenvalue weighted by Crippen LogP contribution is -2.43. The van der Waals surface area contributed by atoms with Crippen LogP contribution >= 0.6 is 11.6 Å². The van der Waals surface area contributed by atoms with E-state index in [0.29, 0.717) is 42.5 Å². The quantitative estimate of drug-likeness (QED) is 0.594. The smallest absolute Gasteiger partial charge is 0.379 e. The topological polar surface area (TPSA) is 57.4 Å². The summed E-state index contributed by atoms with van der Waals surface area (Å²) in [5.41, 5.74) is 1.18. The maximum absolute atomic E-state index is 12.9. The van der Waals surface area contributed by atoms with E-state index in [0.717, 1.165) is 23.0 Å². The lowest BCUT2D eigenvalue weighted by atomic mass is 10.0. The molecule has 1 fully saturated rings. The molecule has 2 heterocycles. The van der Waals surface area contributed by atoms with Crippen LogP contribution in [0.3, 0.4) is 0 Å². The zero-order chi connectivity index (χ0) is 22.0. The fourth-order valence-corrected chi connectivity index (χ4v) is 4.11. The van der Waals surface area contributed by atoms with Crippen LogP contribution in [0.1, 0.15) is 27.5 Å². The highest BCUT2D eigenvalue weighted by atomic mass is 35.5. The number of aromatic amines is 1. The number of nitrogens with one attached hydrogen (secondary N) is 2. The van der Waals surface area contributed by atoms with Crippen molar-refractivity contribution in [2.24, 2.45) is 0 Å². The number of rotatable bonds is 5. The second-order valence-corrected chi connectivity index (χ2v) is 7.74. The van der Waals surface area contributed by atoms with E-state index in [4.69, 9.17) is 16.3 Å². The molecule has 164 valence electrons. The van der Waals surface area contributed by atoms with Crippen LogP contribution in [-0.4, -0.2) is 48.6 Å². The van der Waals surface area contributed by atoms with Gasteiger partial charge in [-0.2, -0.15) is 13.2 Å². The Kier molecular flexibility index (Phi) is 6.22. The minimum atomic E-state index is -4.39. The minimum absolute atomic E-state index is 0.228. The van der Waals surface area contributed by atoms with Gasteiger partial charge < -0.3 is 15.0 Å². The number of morpholine rings is 1. The Bertz CT molecular complexity index is 1060. The lowest BCUT2D eigenvalue weighted by Gasteiger charge is -2.35. The van der Waals surface area contributed by atoms with Gasteiger partial charge in [0.25, 0.3) is 5.91 Å². The molecule has 1 amide bonds. The van der Waals surface area contributed by atoms with Crippen molar-refractivity contribution in [1.29, 1.82) is 0 Å². The Morgan fingerprint density at radius 2 is 1.84 bits per heavy atom. The number of hydrogen-bond acceptors (Lipinski definition) is 3. The van der Waals surface area contributed by atoms with E-state index in [9.17, 15) is 18.0 Å². The Labute approximate surface area is 182 Å². The van der Waals surface area contributed by atoms with Gasteiger partial charge in [0.05, 0.1) is 35.4 Å². The van der Waals surface area contributed by atoms with Gasteiger partial charge in [-0.05, 0) is 35.9 Å². The first kappa shape index (κ1) is 21.7. The molecule has 0 radical (unpaired) electrons. The molecule has 0 aliphatic carbocycles. The van der Waals surface area contributed by atoms with Crippen LogP contribution in [0.25, 0.3) is 10.9 Å². The van der Waals surface area contributed by atoms with E-state index in [-0.39, 0.29) is 18.5 Å². The van der Waals surface area contributed by atoms with Crippen LogP contribution in [0.4, 0.5) is 13.2 Å². The number of alkyl halides is 3. The third-order valence-corrected chi connectivity index (χ3v) is 5.89. The molecule has 1 atom stereocenters. The van der Waals surface area contributed by atoms with Crippen molar-refractivity contribution in [3.05, 3.63) is 70.4 Å². The number of halogens is 4. The fraction of sp³-hybridized carbons (Fsp3) is 0.318. The number of benzene rings is 2. The predicted molar refractivity (Wildman–Crippen MR) is 112 cm³/mol. The van der Waals surface area contributed by atoms with E-state index in [1.165, 1.54) is 12.1 Å². The molecule has 9 heteroatoms. The molecule has 3 aromatic rings. The number of H-pyrrole nitrogens is 1. The highest BCUT2D eigenvalue weighted by Crippen LogP contribution is 2.31. The van der Waals surface area contributed by atoms with E-state index in [2.05, 4.69) is 15.2 Å². The first-order valence-electron chi connectivity index (χ1n) is 9.87. The van der Waals surface area contributed by atoms with Gasteiger partial charge in [-0.1, -0.05) is 23.7 Å². The molecule has 5 nitrogen and oxygen atoms in total. The van der Waals surface area contributed by atoms with Gasteiger partial charge in [-0.25, -0.2) is 0 Å². The van der Waals surface area contributed by atoms with Crippen LogP contribution in [0.15, 0.2) is 48.7 Å². The zero-order valence-corrected chi connectivity index (χ0v) is 17.3. The fourth-order valence-electron chi connectivity index (χ4n) is 3.80. The van der Waals surface area contributed by atoms with Crippen LogP contribution in [0.5, 0.6) is 0 Å². The second-order valence-electron chi connectivity index (χ2n) is 7.36. The third kappa shape index (κ3) is 4.71. The standard InChI is InChI=1S/C22H21ClF3N3O2/c23-20-16-7-8-27-18(16)6-5-17(20)21(30)28-13-19(29-9-11-31-12-10-29)14-1-3-15(4-2-14)22(24,25)26/h1-8,19,27H,9-13H2,(H,28,30). The van der Waals surface area contributed by atoms with Crippen molar-refractivity contribution in [3.63, 3.8) is 0 Å². The molecule has 0 spiro atoms. The number of fused-ring (bicyclic) bond motifs is 1. The number of amides is 1. The molecule has 2 N–H and O–H groups in total. The average Bonchev–Trinajstić information content (AvgIpc) is 3.24. The normalized spacial score (nSPS) is 16.4. The number of hydrogen-bond donors (Lipinski definition) is 2. The third-order valence-electron chi connectivity index (χ3n) is 5.48. The number of carbonyl (C=O) groups excluding carboxylic acids is 1. The molecular formula is C22H21ClF3N3O2. The Morgan fingerprint density at radius 1 is 1.13 bits per heavy atom. The largest absolute Gasteiger partial charge is 0.416 e. The van der Waals surface area contributed by atoms with Gasteiger partial charge in [-0.3, -0.25) is 9.69 Å². The molecule has 1 aliphatic heterocycles. The summed E-state index contributed by atoms with van der Waals surface area (Å²) in [5, 5.41) is 4.01. The number of ether oxygens (including phenoxy) is 1. The van der Waals surface area contributed by atoms with Gasteiger partial charge in [0.1, 0.15) is 0 Å². The van der Waals surface area contributed by atoms with Crippen LogP contribution in [0, 0.1) is 0 Å². The van der Waals surface area contributed by atoms with Crippen molar-refractivity contribution in [3.8, 4) is 0 Å². The van der Waals surface area contributed by atoms with Crippen LogP contribution in [-0.2, 0) is 10.9 Å². The summed E-state index contributed by atoms with van der Waals surface area (Å²) in [6.07, 6.45) is -2.65. The van der Waals surface area contributed by atoms with E-state index in [1.54, 1.807) is 24.4 Å². The van der Waals surface area contributed by atoms with E-state index >= 15 is 0 Å². The molecule has 0 saturated carbocycles. The molecule has 31 heavy (non-hydrogen) atoms.